The van der Waals surface area contributed by atoms with Gasteiger partial charge in [-0.1, -0.05) is 6.07 Å². The van der Waals surface area contributed by atoms with Crippen molar-refractivity contribution < 1.29 is 9.84 Å². The molecule has 1 aromatic heterocycles. The third-order valence-corrected chi connectivity index (χ3v) is 4.06. The molecule has 2 rings (SSSR count). The van der Waals surface area contributed by atoms with E-state index in [9.17, 15) is 5.11 Å². The molecule has 1 aromatic carbocycles. The molecule has 3 heteroatoms. The zero-order valence-corrected chi connectivity index (χ0v) is 12.0. The molecule has 0 aliphatic rings. The smallest absolute Gasteiger partial charge is 0.125 e. The number of ether oxygens (including phenoxy) is 1. The highest BCUT2D eigenvalue weighted by atomic mass is 32.1. The summed E-state index contributed by atoms with van der Waals surface area (Å²) in [6.07, 6.45) is -0.619. The maximum absolute atomic E-state index is 10.6. The van der Waals surface area contributed by atoms with Gasteiger partial charge in [-0.15, -0.1) is 0 Å². The number of benzene rings is 1. The van der Waals surface area contributed by atoms with Crippen LogP contribution in [0.5, 0.6) is 5.75 Å². The summed E-state index contributed by atoms with van der Waals surface area (Å²) in [5.74, 6) is 0.755. The van der Waals surface area contributed by atoms with Gasteiger partial charge < -0.3 is 9.84 Å². The van der Waals surface area contributed by atoms with Gasteiger partial charge in [0.25, 0.3) is 0 Å². The van der Waals surface area contributed by atoms with Crippen molar-refractivity contribution >= 4 is 11.3 Å². The SMILES string of the molecule is COc1cc(C)cc(C)c1C(O)c1cscc1C. The molecule has 96 valence electrons. The first-order valence-electron chi connectivity index (χ1n) is 5.90. The quantitative estimate of drug-likeness (QED) is 0.912. The molecule has 18 heavy (non-hydrogen) atoms. The summed E-state index contributed by atoms with van der Waals surface area (Å²) in [7, 11) is 1.64. The normalized spacial score (nSPS) is 12.5. The van der Waals surface area contributed by atoms with Gasteiger partial charge >= 0.3 is 0 Å². The van der Waals surface area contributed by atoms with Gasteiger partial charge in [0.05, 0.1) is 7.11 Å². The van der Waals surface area contributed by atoms with Gasteiger partial charge in [0.2, 0.25) is 0 Å². The minimum absolute atomic E-state index is 0.619. The van der Waals surface area contributed by atoms with Crippen LogP contribution in [0.4, 0.5) is 0 Å². The Hall–Kier alpha value is -1.32. The summed E-state index contributed by atoms with van der Waals surface area (Å²) in [6.45, 7) is 6.06. The van der Waals surface area contributed by atoms with Gasteiger partial charge in [0.1, 0.15) is 11.9 Å². The van der Waals surface area contributed by atoms with E-state index in [1.807, 2.05) is 32.2 Å². The van der Waals surface area contributed by atoms with Crippen LogP contribution in [-0.2, 0) is 0 Å². The molecule has 0 bridgehead atoms. The number of aryl methyl sites for hydroxylation is 3. The van der Waals surface area contributed by atoms with Crippen molar-refractivity contribution in [3.05, 3.63) is 50.7 Å². The third-order valence-electron chi connectivity index (χ3n) is 3.18. The van der Waals surface area contributed by atoms with E-state index in [-0.39, 0.29) is 0 Å². The standard InChI is InChI=1S/C15H18O2S/c1-9-5-10(2)14(13(6-9)17-4)15(16)12-8-18-7-11(12)3/h5-8,15-16H,1-4H3. The maximum Gasteiger partial charge on any atom is 0.125 e. The van der Waals surface area contributed by atoms with E-state index in [0.717, 1.165) is 33.6 Å². The Morgan fingerprint density at radius 2 is 1.83 bits per heavy atom. The molecule has 2 nitrogen and oxygen atoms in total. The van der Waals surface area contributed by atoms with Crippen molar-refractivity contribution in [1.82, 2.24) is 0 Å². The summed E-state index contributed by atoms with van der Waals surface area (Å²) >= 11 is 1.61. The Balaban J connectivity index is 2.54. The molecule has 0 spiro atoms. The molecule has 0 fully saturated rings. The summed E-state index contributed by atoms with van der Waals surface area (Å²) in [5, 5.41) is 14.6. The molecule has 1 unspecified atom stereocenters. The highest BCUT2D eigenvalue weighted by Crippen LogP contribution is 2.35. The lowest BCUT2D eigenvalue weighted by molar-refractivity contribution is 0.213. The van der Waals surface area contributed by atoms with Crippen molar-refractivity contribution in [2.45, 2.75) is 26.9 Å². The highest BCUT2D eigenvalue weighted by molar-refractivity contribution is 7.08. The van der Waals surface area contributed by atoms with E-state index in [0.29, 0.717) is 0 Å². The number of aliphatic hydroxyl groups is 1. The van der Waals surface area contributed by atoms with Crippen LogP contribution >= 0.6 is 11.3 Å². The van der Waals surface area contributed by atoms with Crippen LogP contribution in [0.3, 0.4) is 0 Å². The average molecular weight is 262 g/mol. The topological polar surface area (TPSA) is 29.5 Å². The van der Waals surface area contributed by atoms with Crippen LogP contribution in [0.15, 0.2) is 22.9 Å². The molecular weight excluding hydrogens is 244 g/mol. The first-order chi connectivity index (χ1) is 8.54. The molecule has 0 saturated carbocycles. The lowest BCUT2D eigenvalue weighted by Gasteiger charge is -2.18. The van der Waals surface area contributed by atoms with Gasteiger partial charge in [-0.3, -0.25) is 0 Å². The molecule has 2 aromatic rings. The van der Waals surface area contributed by atoms with Crippen molar-refractivity contribution in [3.8, 4) is 5.75 Å². The number of thiophene rings is 1. The Kier molecular flexibility index (Phi) is 3.73. The van der Waals surface area contributed by atoms with Crippen LogP contribution in [0.25, 0.3) is 0 Å². The molecule has 0 radical (unpaired) electrons. The maximum atomic E-state index is 10.6. The highest BCUT2D eigenvalue weighted by Gasteiger charge is 2.20. The monoisotopic (exact) mass is 262 g/mol. The average Bonchev–Trinajstić information content (AvgIpc) is 2.73. The van der Waals surface area contributed by atoms with Crippen molar-refractivity contribution in [3.63, 3.8) is 0 Å². The second-order valence-electron chi connectivity index (χ2n) is 4.61. The Bertz CT molecular complexity index is 558. The van der Waals surface area contributed by atoms with E-state index < -0.39 is 6.10 Å². The van der Waals surface area contributed by atoms with Gasteiger partial charge in [-0.2, -0.15) is 11.3 Å². The molecule has 0 amide bonds. The first kappa shape index (κ1) is 13.1. The minimum Gasteiger partial charge on any atom is -0.496 e. The summed E-state index contributed by atoms with van der Waals surface area (Å²) in [5.41, 5.74) is 5.15. The number of aliphatic hydroxyl groups excluding tert-OH is 1. The molecular formula is C15H18O2S. The summed E-state index contributed by atoms with van der Waals surface area (Å²) in [6, 6.07) is 4.04. The molecule has 0 saturated heterocycles. The van der Waals surface area contributed by atoms with Gasteiger partial charge in [-0.25, -0.2) is 0 Å². The zero-order valence-electron chi connectivity index (χ0n) is 11.2. The number of methoxy groups -OCH3 is 1. The van der Waals surface area contributed by atoms with Crippen LogP contribution in [0, 0.1) is 20.8 Å². The molecule has 0 aliphatic heterocycles. The fourth-order valence-corrected chi connectivity index (χ4v) is 3.13. The fourth-order valence-electron chi connectivity index (χ4n) is 2.27. The van der Waals surface area contributed by atoms with Crippen LogP contribution in [0.2, 0.25) is 0 Å². The van der Waals surface area contributed by atoms with Crippen LogP contribution in [-0.4, -0.2) is 12.2 Å². The summed E-state index contributed by atoms with van der Waals surface area (Å²) < 4.78 is 5.41. The largest absolute Gasteiger partial charge is 0.496 e. The van der Waals surface area contributed by atoms with E-state index in [2.05, 4.69) is 11.4 Å². The molecule has 1 atom stereocenters. The second-order valence-corrected chi connectivity index (χ2v) is 5.35. The van der Waals surface area contributed by atoms with Gasteiger partial charge in [-0.05, 0) is 59.9 Å². The lowest BCUT2D eigenvalue weighted by Crippen LogP contribution is -2.05. The van der Waals surface area contributed by atoms with Gasteiger partial charge in [0, 0.05) is 5.56 Å². The Morgan fingerprint density at radius 1 is 1.11 bits per heavy atom. The van der Waals surface area contributed by atoms with E-state index in [4.69, 9.17) is 4.74 Å². The first-order valence-corrected chi connectivity index (χ1v) is 6.84. The Labute approximate surface area is 112 Å². The molecule has 0 aliphatic carbocycles. The second kappa shape index (κ2) is 5.12. The van der Waals surface area contributed by atoms with Gasteiger partial charge in [0.15, 0.2) is 0 Å². The van der Waals surface area contributed by atoms with Crippen LogP contribution in [0.1, 0.15) is 33.9 Å². The predicted molar refractivity (Wildman–Crippen MR) is 75.6 cm³/mol. The van der Waals surface area contributed by atoms with Crippen molar-refractivity contribution in [1.29, 1.82) is 0 Å². The van der Waals surface area contributed by atoms with E-state index in [1.165, 1.54) is 0 Å². The summed E-state index contributed by atoms with van der Waals surface area (Å²) in [4.78, 5) is 0. The number of hydrogen-bond acceptors (Lipinski definition) is 3. The third kappa shape index (κ3) is 2.28. The molecule has 1 N–H and O–H groups in total. The van der Waals surface area contributed by atoms with Crippen molar-refractivity contribution in [2.75, 3.05) is 7.11 Å². The minimum atomic E-state index is -0.619. The predicted octanol–water partition coefficient (Wildman–Crippen LogP) is 3.76. The van der Waals surface area contributed by atoms with E-state index in [1.54, 1.807) is 18.4 Å². The fraction of sp³-hybridized carbons (Fsp3) is 0.333. The van der Waals surface area contributed by atoms with E-state index >= 15 is 0 Å². The molecule has 1 heterocycles. The number of rotatable bonds is 3. The lowest BCUT2D eigenvalue weighted by atomic mass is 9.95. The zero-order chi connectivity index (χ0) is 13.3. The number of hydrogen-bond donors (Lipinski definition) is 1. The van der Waals surface area contributed by atoms with Crippen LogP contribution < -0.4 is 4.74 Å². The Morgan fingerprint density at radius 3 is 2.39 bits per heavy atom. The van der Waals surface area contributed by atoms with Crippen molar-refractivity contribution in [2.24, 2.45) is 0 Å².